The first-order valence-corrected chi connectivity index (χ1v) is 12.5. The summed E-state index contributed by atoms with van der Waals surface area (Å²) in [6, 6.07) is 17.7. The first-order chi connectivity index (χ1) is 16.2. The molecular formula is C25H27BrN2O4S. The van der Waals surface area contributed by atoms with Gasteiger partial charge in [0.15, 0.2) is 11.5 Å². The minimum atomic E-state index is -0.154. The molecule has 3 aromatic rings. The average Bonchev–Trinajstić information content (AvgIpc) is 3.39. The molecule has 1 aliphatic rings. The van der Waals surface area contributed by atoms with Gasteiger partial charge in [0, 0.05) is 30.1 Å². The minimum Gasteiger partial charge on any atom is -0.493 e. The third-order valence-electron chi connectivity index (χ3n) is 5.53. The highest BCUT2D eigenvalue weighted by molar-refractivity contribution is 9.10. The van der Waals surface area contributed by atoms with E-state index in [1.807, 2.05) is 36.4 Å². The Morgan fingerprint density at radius 2 is 1.97 bits per heavy atom. The van der Waals surface area contributed by atoms with Crippen LogP contribution < -0.4 is 14.8 Å². The molecule has 1 atom stereocenters. The van der Waals surface area contributed by atoms with Crippen LogP contribution in [-0.2, 0) is 11.3 Å². The van der Waals surface area contributed by atoms with Crippen molar-refractivity contribution in [3.8, 4) is 11.5 Å². The molecule has 174 valence electrons. The van der Waals surface area contributed by atoms with Crippen molar-refractivity contribution >= 4 is 33.2 Å². The number of morpholine rings is 1. The second-order valence-corrected chi connectivity index (χ2v) is 9.49. The number of thiophene rings is 1. The molecule has 0 spiro atoms. The maximum absolute atomic E-state index is 13.0. The highest BCUT2D eigenvalue weighted by Crippen LogP contribution is 2.37. The molecule has 0 aliphatic carbocycles. The van der Waals surface area contributed by atoms with E-state index in [1.165, 1.54) is 4.88 Å². The highest BCUT2D eigenvalue weighted by atomic mass is 79.9. The predicted molar refractivity (Wildman–Crippen MR) is 133 cm³/mol. The van der Waals surface area contributed by atoms with Gasteiger partial charge in [-0.25, -0.2) is 0 Å². The third kappa shape index (κ3) is 6.14. The number of halogens is 1. The Balaban J connectivity index is 1.45. The summed E-state index contributed by atoms with van der Waals surface area (Å²) < 4.78 is 17.7. The van der Waals surface area contributed by atoms with Crippen molar-refractivity contribution in [3.05, 3.63) is 80.5 Å². The lowest BCUT2D eigenvalue weighted by molar-refractivity contribution is 0.0169. The summed E-state index contributed by atoms with van der Waals surface area (Å²) in [4.78, 5) is 16.6. The van der Waals surface area contributed by atoms with E-state index in [-0.39, 0.29) is 11.9 Å². The topological polar surface area (TPSA) is 60.0 Å². The van der Waals surface area contributed by atoms with Crippen LogP contribution in [0.25, 0.3) is 0 Å². The number of amides is 1. The van der Waals surface area contributed by atoms with E-state index >= 15 is 0 Å². The van der Waals surface area contributed by atoms with Crippen LogP contribution in [0.5, 0.6) is 11.5 Å². The molecule has 8 heteroatoms. The molecule has 1 amide bonds. The van der Waals surface area contributed by atoms with Gasteiger partial charge in [-0.05, 0) is 45.1 Å². The van der Waals surface area contributed by atoms with E-state index in [4.69, 9.17) is 14.2 Å². The van der Waals surface area contributed by atoms with Gasteiger partial charge < -0.3 is 19.5 Å². The van der Waals surface area contributed by atoms with E-state index in [0.29, 0.717) is 47.9 Å². The lowest BCUT2D eigenvalue weighted by atomic mass is 10.1. The lowest BCUT2D eigenvalue weighted by Crippen LogP contribution is -2.43. The number of nitrogens with one attached hydrogen (secondary N) is 1. The quantitative estimate of drug-likeness (QED) is 0.426. The molecule has 0 unspecified atom stereocenters. The first-order valence-electron chi connectivity index (χ1n) is 10.8. The average molecular weight is 531 g/mol. The number of hydrogen-bond donors (Lipinski definition) is 1. The SMILES string of the molecule is COc1cc(C(=O)NC[C@@H](c2cccs2)N2CCOCC2)cc(Br)c1OCc1ccccc1. The number of methoxy groups -OCH3 is 1. The van der Waals surface area contributed by atoms with E-state index in [2.05, 4.69) is 37.6 Å². The van der Waals surface area contributed by atoms with Gasteiger partial charge in [-0.15, -0.1) is 11.3 Å². The van der Waals surface area contributed by atoms with Crippen LogP contribution in [0.15, 0.2) is 64.5 Å². The molecule has 4 rings (SSSR count). The second kappa shape index (κ2) is 11.7. The van der Waals surface area contributed by atoms with Gasteiger partial charge in [-0.1, -0.05) is 36.4 Å². The van der Waals surface area contributed by atoms with Crippen molar-refractivity contribution in [1.82, 2.24) is 10.2 Å². The highest BCUT2D eigenvalue weighted by Gasteiger charge is 2.24. The van der Waals surface area contributed by atoms with Crippen molar-refractivity contribution in [2.75, 3.05) is 40.0 Å². The largest absolute Gasteiger partial charge is 0.493 e. The van der Waals surface area contributed by atoms with Crippen LogP contribution in [0.1, 0.15) is 26.8 Å². The fourth-order valence-corrected chi connectivity index (χ4v) is 5.21. The Labute approximate surface area is 206 Å². The monoisotopic (exact) mass is 530 g/mol. The van der Waals surface area contributed by atoms with Crippen molar-refractivity contribution < 1.29 is 19.0 Å². The molecule has 2 heterocycles. The molecular weight excluding hydrogens is 504 g/mol. The summed E-state index contributed by atoms with van der Waals surface area (Å²) in [7, 11) is 1.57. The zero-order chi connectivity index (χ0) is 23.0. The summed E-state index contributed by atoms with van der Waals surface area (Å²) in [6.45, 7) is 4.06. The van der Waals surface area contributed by atoms with Crippen LogP contribution >= 0.6 is 27.3 Å². The van der Waals surface area contributed by atoms with Crippen LogP contribution in [-0.4, -0.2) is 50.8 Å². The van der Waals surface area contributed by atoms with Crippen LogP contribution in [0.2, 0.25) is 0 Å². The number of carbonyl (C=O) groups excluding carboxylic acids is 1. The maximum atomic E-state index is 13.0. The second-order valence-electron chi connectivity index (χ2n) is 7.65. The van der Waals surface area contributed by atoms with Gasteiger partial charge >= 0.3 is 0 Å². The molecule has 6 nitrogen and oxygen atoms in total. The number of ether oxygens (including phenoxy) is 3. The first kappa shape index (κ1) is 23.8. The molecule has 1 aliphatic heterocycles. The van der Waals surface area contributed by atoms with Crippen molar-refractivity contribution in [3.63, 3.8) is 0 Å². The Kier molecular flexibility index (Phi) is 8.39. The van der Waals surface area contributed by atoms with E-state index in [1.54, 1.807) is 30.6 Å². The molecule has 1 N–H and O–H groups in total. The lowest BCUT2D eigenvalue weighted by Gasteiger charge is -2.34. The van der Waals surface area contributed by atoms with Crippen LogP contribution in [0.4, 0.5) is 0 Å². The molecule has 33 heavy (non-hydrogen) atoms. The molecule has 1 aromatic heterocycles. The van der Waals surface area contributed by atoms with E-state index < -0.39 is 0 Å². The number of carbonyl (C=O) groups is 1. The normalized spacial score (nSPS) is 15.1. The summed E-state index contributed by atoms with van der Waals surface area (Å²) in [5, 5.41) is 5.18. The van der Waals surface area contributed by atoms with E-state index in [9.17, 15) is 4.79 Å². The van der Waals surface area contributed by atoms with Crippen molar-refractivity contribution in [2.45, 2.75) is 12.6 Å². The number of nitrogens with zero attached hydrogens (tertiary/aromatic N) is 1. The standard InChI is InChI=1S/C25H27BrN2O4S/c1-30-22-15-19(14-20(26)24(22)32-17-18-6-3-2-4-7-18)25(29)27-16-21(23-8-5-13-33-23)28-9-11-31-12-10-28/h2-8,13-15,21H,9-12,16-17H2,1H3,(H,27,29)/t21-/m0/s1. The smallest absolute Gasteiger partial charge is 0.251 e. The minimum absolute atomic E-state index is 0.122. The molecule has 0 radical (unpaired) electrons. The Bertz CT molecular complexity index is 1040. The maximum Gasteiger partial charge on any atom is 0.251 e. The molecule has 2 aromatic carbocycles. The van der Waals surface area contributed by atoms with Gasteiger partial charge in [0.25, 0.3) is 5.91 Å². The Morgan fingerprint density at radius 3 is 2.67 bits per heavy atom. The van der Waals surface area contributed by atoms with Gasteiger partial charge in [0.1, 0.15) is 6.61 Å². The van der Waals surface area contributed by atoms with Crippen molar-refractivity contribution in [2.24, 2.45) is 0 Å². The molecule has 0 saturated carbocycles. The van der Waals surface area contributed by atoms with Crippen LogP contribution in [0, 0.1) is 0 Å². The van der Waals surface area contributed by atoms with Gasteiger partial charge in [0.2, 0.25) is 0 Å². The summed E-state index contributed by atoms with van der Waals surface area (Å²) >= 11 is 5.26. The van der Waals surface area contributed by atoms with Gasteiger partial charge in [0.05, 0.1) is 30.8 Å². The van der Waals surface area contributed by atoms with Gasteiger partial charge in [-0.2, -0.15) is 0 Å². The molecule has 1 fully saturated rings. The zero-order valence-electron chi connectivity index (χ0n) is 18.5. The van der Waals surface area contributed by atoms with E-state index in [0.717, 1.165) is 18.7 Å². The zero-order valence-corrected chi connectivity index (χ0v) is 20.9. The van der Waals surface area contributed by atoms with Gasteiger partial charge in [-0.3, -0.25) is 9.69 Å². The number of rotatable bonds is 9. The fraction of sp³-hybridized carbons (Fsp3) is 0.320. The van der Waals surface area contributed by atoms with Crippen molar-refractivity contribution in [1.29, 1.82) is 0 Å². The molecule has 1 saturated heterocycles. The Hall–Kier alpha value is -2.39. The molecule has 0 bridgehead atoms. The number of hydrogen-bond acceptors (Lipinski definition) is 6. The Morgan fingerprint density at radius 1 is 1.18 bits per heavy atom. The van der Waals surface area contributed by atoms with Crippen LogP contribution in [0.3, 0.4) is 0 Å². The summed E-state index contributed by atoms with van der Waals surface area (Å²) in [5.41, 5.74) is 1.56. The third-order valence-corrected chi connectivity index (χ3v) is 7.09. The fourth-order valence-electron chi connectivity index (χ4n) is 3.79. The predicted octanol–water partition coefficient (Wildman–Crippen LogP) is 4.90. The summed E-state index contributed by atoms with van der Waals surface area (Å²) in [5.74, 6) is 0.926. The number of benzene rings is 2. The summed E-state index contributed by atoms with van der Waals surface area (Å²) in [6.07, 6.45) is 0.